The molecule has 1 aromatic rings. The van der Waals surface area contributed by atoms with Crippen LogP contribution in [0.5, 0.6) is 0 Å². The Labute approximate surface area is 110 Å². The van der Waals surface area contributed by atoms with Gasteiger partial charge in [0, 0.05) is 24.5 Å². The van der Waals surface area contributed by atoms with Crippen LogP contribution in [-0.2, 0) is 12.8 Å². The fraction of sp³-hybridized carbons (Fsp3) is 0.625. The van der Waals surface area contributed by atoms with E-state index in [-0.39, 0.29) is 0 Å². The van der Waals surface area contributed by atoms with Crippen molar-refractivity contribution in [2.24, 2.45) is 11.8 Å². The summed E-state index contributed by atoms with van der Waals surface area (Å²) in [5.74, 6) is 1.57. The first-order valence-corrected chi connectivity index (χ1v) is 7.36. The lowest BCUT2D eigenvalue weighted by Crippen LogP contribution is -2.10. The van der Waals surface area contributed by atoms with E-state index < -0.39 is 0 Å². The molecule has 1 aromatic carbocycles. The first kappa shape index (κ1) is 11.9. The van der Waals surface area contributed by atoms with Gasteiger partial charge in [-0.3, -0.25) is 0 Å². The Balaban J connectivity index is 1.92. The van der Waals surface area contributed by atoms with Crippen LogP contribution in [0.1, 0.15) is 37.8 Å². The predicted octanol–water partition coefficient (Wildman–Crippen LogP) is 3.68. The second-order valence-corrected chi connectivity index (χ2v) is 6.22. The van der Waals surface area contributed by atoms with E-state index in [1.165, 1.54) is 48.2 Å². The first-order chi connectivity index (χ1) is 8.72. The maximum Gasteiger partial charge on any atom is 0.0393 e. The molecule has 2 N–H and O–H groups in total. The molecule has 0 saturated heterocycles. The minimum Gasteiger partial charge on any atom is -0.384 e. The molecule has 18 heavy (non-hydrogen) atoms. The van der Waals surface area contributed by atoms with Crippen molar-refractivity contribution in [1.82, 2.24) is 0 Å². The molecular formula is C16H24N2. The second kappa shape index (κ2) is 4.83. The molecule has 0 amide bonds. The molecule has 2 aliphatic heterocycles. The lowest BCUT2D eigenvalue weighted by molar-refractivity contribution is 0.568. The molecule has 2 atom stereocenters. The zero-order valence-electron chi connectivity index (χ0n) is 11.6. The van der Waals surface area contributed by atoms with E-state index in [0.717, 1.165) is 24.9 Å². The Hall–Kier alpha value is -1.18. The summed E-state index contributed by atoms with van der Waals surface area (Å²) < 4.78 is 0. The van der Waals surface area contributed by atoms with E-state index in [1.807, 2.05) is 0 Å². The molecule has 2 unspecified atom stereocenters. The van der Waals surface area contributed by atoms with Crippen molar-refractivity contribution < 1.29 is 0 Å². The molecule has 0 saturated carbocycles. The highest BCUT2D eigenvalue weighted by molar-refractivity contribution is 5.66. The normalized spacial score (nSPS) is 27.0. The number of hydrogen-bond acceptors (Lipinski definition) is 2. The highest BCUT2D eigenvalue weighted by Crippen LogP contribution is 2.32. The molecule has 0 fully saturated rings. The van der Waals surface area contributed by atoms with Crippen molar-refractivity contribution >= 4 is 11.4 Å². The van der Waals surface area contributed by atoms with Crippen LogP contribution in [0.4, 0.5) is 11.4 Å². The van der Waals surface area contributed by atoms with Gasteiger partial charge >= 0.3 is 0 Å². The molecular weight excluding hydrogens is 220 g/mol. The van der Waals surface area contributed by atoms with Gasteiger partial charge in [-0.25, -0.2) is 0 Å². The molecule has 2 heterocycles. The SMILES string of the molecule is CC1CCc2cc3c(cc2NC1)NCC(C)CC3. The molecule has 2 heteroatoms. The van der Waals surface area contributed by atoms with Gasteiger partial charge in [-0.05, 0) is 54.7 Å². The topological polar surface area (TPSA) is 24.1 Å². The summed E-state index contributed by atoms with van der Waals surface area (Å²) in [6.07, 6.45) is 5.07. The van der Waals surface area contributed by atoms with Crippen molar-refractivity contribution in [3.05, 3.63) is 23.3 Å². The number of nitrogens with one attached hydrogen (secondary N) is 2. The quantitative estimate of drug-likeness (QED) is 0.727. The zero-order valence-corrected chi connectivity index (χ0v) is 11.6. The van der Waals surface area contributed by atoms with Gasteiger partial charge < -0.3 is 10.6 Å². The van der Waals surface area contributed by atoms with Crippen molar-refractivity contribution in [3.8, 4) is 0 Å². The summed E-state index contributed by atoms with van der Waals surface area (Å²) in [4.78, 5) is 0. The van der Waals surface area contributed by atoms with Gasteiger partial charge in [0.05, 0.1) is 0 Å². The molecule has 0 bridgehead atoms. The highest BCUT2D eigenvalue weighted by atomic mass is 14.9. The number of benzene rings is 1. The van der Waals surface area contributed by atoms with Gasteiger partial charge in [0.15, 0.2) is 0 Å². The monoisotopic (exact) mass is 244 g/mol. The smallest absolute Gasteiger partial charge is 0.0393 e. The minimum atomic E-state index is 0.783. The van der Waals surface area contributed by atoms with Gasteiger partial charge in [0.2, 0.25) is 0 Å². The average molecular weight is 244 g/mol. The number of fused-ring (bicyclic) bond motifs is 2. The summed E-state index contributed by atoms with van der Waals surface area (Å²) in [7, 11) is 0. The van der Waals surface area contributed by atoms with Gasteiger partial charge in [0.1, 0.15) is 0 Å². The van der Waals surface area contributed by atoms with Gasteiger partial charge in [0.25, 0.3) is 0 Å². The summed E-state index contributed by atoms with van der Waals surface area (Å²) in [6.45, 7) is 6.90. The van der Waals surface area contributed by atoms with Gasteiger partial charge in [-0.1, -0.05) is 19.9 Å². The number of anilines is 2. The number of aryl methyl sites for hydroxylation is 2. The first-order valence-electron chi connectivity index (χ1n) is 7.36. The molecule has 0 spiro atoms. The summed E-state index contributed by atoms with van der Waals surface area (Å²) >= 11 is 0. The average Bonchev–Trinajstić information content (AvgIpc) is 2.66. The Morgan fingerprint density at radius 3 is 1.83 bits per heavy atom. The Bertz CT molecular complexity index is 363. The second-order valence-electron chi connectivity index (χ2n) is 6.22. The maximum absolute atomic E-state index is 3.62. The minimum absolute atomic E-state index is 0.783. The Morgan fingerprint density at radius 2 is 1.33 bits per heavy atom. The van der Waals surface area contributed by atoms with E-state index in [2.05, 4.69) is 36.6 Å². The summed E-state index contributed by atoms with van der Waals surface area (Å²) in [6, 6.07) is 4.79. The van der Waals surface area contributed by atoms with Crippen LogP contribution in [0.25, 0.3) is 0 Å². The summed E-state index contributed by atoms with van der Waals surface area (Å²) in [5.41, 5.74) is 5.77. The van der Waals surface area contributed by atoms with E-state index in [4.69, 9.17) is 0 Å². The molecule has 0 aromatic heterocycles. The third-order valence-corrected chi connectivity index (χ3v) is 4.42. The maximum atomic E-state index is 3.62. The molecule has 98 valence electrons. The van der Waals surface area contributed by atoms with Gasteiger partial charge in [-0.15, -0.1) is 0 Å². The van der Waals surface area contributed by atoms with Crippen LogP contribution >= 0.6 is 0 Å². The van der Waals surface area contributed by atoms with Crippen molar-refractivity contribution in [2.45, 2.75) is 39.5 Å². The molecule has 0 radical (unpaired) electrons. The largest absolute Gasteiger partial charge is 0.384 e. The van der Waals surface area contributed by atoms with Gasteiger partial charge in [-0.2, -0.15) is 0 Å². The van der Waals surface area contributed by atoms with Crippen LogP contribution in [0.15, 0.2) is 12.1 Å². The third-order valence-electron chi connectivity index (χ3n) is 4.42. The fourth-order valence-electron chi connectivity index (χ4n) is 3.01. The van der Waals surface area contributed by atoms with E-state index >= 15 is 0 Å². The van der Waals surface area contributed by atoms with Crippen LogP contribution in [0.2, 0.25) is 0 Å². The van der Waals surface area contributed by atoms with Crippen molar-refractivity contribution in [3.63, 3.8) is 0 Å². The standard InChI is InChI=1S/C16H24N2/c1-11-3-5-13-7-14-6-4-12(2)10-18-16(14)8-15(13)17-9-11/h7-8,11-12,17-18H,3-6,9-10H2,1-2H3. The van der Waals surface area contributed by atoms with Crippen LogP contribution in [0.3, 0.4) is 0 Å². The summed E-state index contributed by atoms with van der Waals surface area (Å²) in [5, 5.41) is 7.23. The molecule has 2 aliphatic rings. The molecule has 2 nitrogen and oxygen atoms in total. The Morgan fingerprint density at radius 1 is 0.833 bits per heavy atom. The van der Waals surface area contributed by atoms with E-state index in [1.54, 1.807) is 0 Å². The van der Waals surface area contributed by atoms with Crippen molar-refractivity contribution in [1.29, 1.82) is 0 Å². The lowest BCUT2D eigenvalue weighted by Gasteiger charge is -2.14. The van der Waals surface area contributed by atoms with E-state index in [0.29, 0.717) is 0 Å². The number of rotatable bonds is 0. The Kier molecular flexibility index (Phi) is 3.19. The highest BCUT2D eigenvalue weighted by Gasteiger charge is 2.17. The zero-order chi connectivity index (χ0) is 12.5. The van der Waals surface area contributed by atoms with Crippen LogP contribution < -0.4 is 10.6 Å². The fourth-order valence-corrected chi connectivity index (χ4v) is 3.01. The van der Waals surface area contributed by atoms with Crippen molar-refractivity contribution in [2.75, 3.05) is 23.7 Å². The number of hydrogen-bond donors (Lipinski definition) is 2. The lowest BCUT2D eigenvalue weighted by atomic mass is 9.97. The van der Waals surface area contributed by atoms with E-state index in [9.17, 15) is 0 Å². The van der Waals surface area contributed by atoms with Crippen LogP contribution in [-0.4, -0.2) is 13.1 Å². The third kappa shape index (κ3) is 2.33. The van der Waals surface area contributed by atoms with Crippen LogP contribution in [0, 0.1) is 11.8 Å². The predicted molar refractivity (Wildman–Crippen MR) is 78.4 cm³/mol. The molecule has 3 rings (SSSR count). The molecule has 0 aliphatic carbocycles.